The van der Waals surface area contributed by atoms with Gasteiger partial charge in [-0.2, -0.15) is 21.6 Å². The first kappa shape index (κ1) is 29.2. The smallest absolute Gasteiger partial charge is 0.373 e. The molecule has 0 amide bonds. The molecule has 3 nitrogen and oxygen atoms in total. The molecule has 0 aliphatic heterocycles. The largest absolute Gasteiger partial charge is 0.534 e. The molecule has 0 heterocycles. The van der Waals surface area contributed by atoms with Crippen LogP contribution in [-0.4, -0.2) is 13.9 Å². The van der Waals surface area contributed by atoms with Crippen molar-refractivity contribution < 1.29 is 43.3 Å². The SMILES string of the molecule is CCCCCC1CCC(c2cc(F)c(-c3cc(F)c4c(F)c(OS(=O)(=O)C(F)(F)F)ccc4c3)c(F)c2)CC1. The fourth-order valence-corrected chi connectivity index (χ4v) is 5.76. The van der Waals surface area contributed by atoms with Crippen LogP contribution in [0.25, 0.3) is 21.9 Å². The van der Waals surface area contributed by atoms with Crippen LogP contribution in [0.15, 0.2) is 36.4 Å². The Bertz CT molecular complexity index is 1440. The van der Waals surface area contributed by atoms with Gasteiger partial charge in [-0.05, 0) is 84.4 Å². The highest BCUT2D eigenvalue weighted by Gasteiger charge is 2.49. The summed E-state index contributed by atoms with van der Waals surface area (Å²) in [5.41, 5.74) is -6.10. The summed E-state index contributed by atoms with van der Waals surface area (Å²) in [4.78, 5) is 0. The standard InChI is InChI=1S/C28H27F7O3S/c1-2-3-4-5-16-6-8-17(9-7-16)19-13-21(29)25(22(30)14-19)20-12-18-10-11-24(27(32)26(18)23(31)15-20)38-39(36,37)28(33,34)35/h10-17H,2-9H2,1H3. The van der Waals surface area contributed by atoms with Gasteiger partial charge in [0.05, 0.1) is 10.9 Å². The van der Waals surface area contributed by atoms with Crippen LogP contribution < -0.4 is 4.18 Å². The van der Waals surface area contributed by atoms with E-state index in [4.69, 9.17) is 0 Å². The molecule has 1 aliphatic carbocycles. The molecule has 0 unspecified atom stereocenters. The molecule has 0 spiro atoms. The maximum atomic E-state index is 15.2. The van der Waals surface area contributed by atoms with Crippen molar-refractivity contribution in [1.29, 1.82) is 0 Å². The summed E-state index contributed by atoms with van der Waals surface area (Å²) in [5.74, 6) is -5.67. The summed E-state index contributed by atoms with van der Waals surface area (Å²) < 4.78 is 124. The molecule has 4 rings (SSSR count). The molecule has 0 bridgehead atoms. The van der Waals surface area contributed by atoms with Gasteiger partial charge in [0.25, 0.3) is 0 Å². The molecule has 3 aromatic carbocycles. The van der Waals surface area contributed by atoms with Crippen LogP contribution in [0, 0.1) is 29.2 Å². The molecular formula is C28H27F7O3S. The van der Waals surface area contributed by atoms with E-state index in [9.17, 15) is 30.4 Å². The first-order chi connectivity index (χ1) is 18.3. The number of halogens is 7. The molecule has 212 valence electrons. The monoisotopic (exact) mass is 576 g/mol. The Morgan fingerprint density at radius 3 is 2.10 bits per heavy atom. The van der Waals surface area contributed by atoms with Crippen molar-refractivity contribution >= 4 is 20.9 Å². The fourth-order valence-electron chi connectivity index (χ4n) is 5.30. The lowest BCUT2D eigenvalue weighted by molar-refractivity contribution is -0.0500. The van der Waals surface area contributed by atoms with Gasteiger partial charge in [-0.3, -0.25) is 0 Å². The Balaban J connectivity index is 1.60. The second kappa shape index (κ2) is 11.3. The summed E-state index contributed by atoms with van der Waals surface area (Å²) in [6.45, 7) is 2.15. The van der Waals surface area contributed by atoms with E-state index in [0.29, 0.717) is 23.6 Å². The number of hydrogen-bond acceptors (Lipinski definition) is 3. The van der Waals surface area contributed by atoms with Crippen molar-refractivity contribution in [3.05, 3.63) is 65.2 Å². The van der Waals surface area contributed by atoms with E-state index in [0.717, 1.165) is 50.7 Å². The van der Waals surface area contributed by atoms with Gasteiger partial charge < -0.3 is 4.18 Å². The normalized spacial score (nSPS) is 18.5. The number of fused-ring (bicyclic) bond motifs is 1. The van der Waals surface area contributed by atoms with E-state index >= 15 is 8.78 Å². The predicted octanol–water partition coefficient (Wildman–Crippen LogP) is 9.15. The Hall–Kier alpha value is -2.82. The maximum absolute atomic E-state index is 15.2. The number of unbranched alkanes of at least 4 members (excludes halogenated alkanes) is 2. The Labute approximate surface area is 222 Å². The van der Waals surface area contributed by atoms with Crippen LogP contribution in [0.3, 0.4) is 0 Å². The van der Waals surface area contributed by atoms with E-state index in [1.54, 1.807) is 0 Å². The van der Waals surface area contributed by atoms with Gasteiger partial charge in [-0.1, -0.05) is 38.7 Å². The van der Waals surface area contributed by atoms with Crippen molar-refractivity contribution in [1.82, 2.24) is 0 Å². The summed E-state index contributed by atoms with van der Waals surface area (Å²) in [7, 11) is -6.20. The lowest BCUT2D eigenvalue weighted by Gasteiger charge is -2.29. The lowest BCUT2D eigenvalue weighted by Crippen LogP contribution is -2.28. The maximum Gasteiger partial charge on any atom is 0.534 e. The predicted molar refractivity (Wildman–Crippen MR) is 134 cm³/mol. The van der Waals surface area contributed by atoms with Crippen LogP contribution in [0.5, 0.6) is 5.75 Å². The zero-order valence-corrected chi connectivity index (χ0v) is 21.9. The van der Waals surface area contributed by atoms with E-state index in [1.807, 2.05) is 0 Å². The number of alkyl halides is 3. The molecule has 1 aliphatic rings. The van der Waals surface area contributed by atoms with Crippen LogP contribution in [0.2, 0.25) is 0 Å². The molecule has 0 aromatic heterocycles. The number of benzene rings is 3. The van der Waals surface area contributed by atoms with Gasteiger partial charge in [-0.15, -0.1) is 0 Å². The van der Waals surface area contributed by atoms with Gasteiger partial charge >= 0.3 is 15.6 Å². The van der Waals surface area contributed by atoms with Gasteiger partial charge in [0.2, 0.25) is 0 Å². The molecule has 0 N–H and O–H groups in total. The highest BCUT2D eigenvalue weighted by atomic mass is 32.2. The third-order valence-corrected chi connectivity index (χ3v) is 8.31. The molecule has 1 fully saturated rings. The first-order valence-electron chi connectivity index (χ1n) is 12.7. The average molecular weight is 577 g/mol. The van der Waals surface area contributed by atoms with Crippen LogP contribution in [0.4, 0.5) is 30.7 Å². The first-order valence-corrected chi connectivity index (χ1v) is 14.1. The zero-order valence-electron chi connectivity index (χ0n) is 21.1. The zero-order chi connectivity index (χ0) is 28.5. The van der Waals surface area contributed by atoms with E-state index in [1.165, 1.54) is 25.0 Å². The number of rotatable bonds is 8. The second-order valence-electron chi connectivity index (χ2n) is 9.99. The van der Waals surface area contributed by atoms with Gasteiger partial charge in [0.1, 0.15) is 17.5 Å². The summed E-state index contributed by atoms with van der Waals surface area (Å²) >= 11 is 0. The third kappa shape index (κ3) is 6.18. The molecule has 11 heteroatoms. The van der Waals surface area contributed by atoms with E-state index in [-0.39, 0.29) is 16.9 Å². The summed E-state index contributed by atoms with van der Waals surface area (Å²) in [6, 6.07) is 5.61. The van der Waals surface area contributed by atoms with Crippen molar-refractivity contribution in [2.75, 3.05) is 0 Å². The molecule has 3 aromatic rings. The van der Waals surface area contributed by atoms with Crippen molar-refractivity contribution in [3.8, 4) is 16.9 Å². The van der Waals surface area contributed by atoms with Crippen LogP contribution in [-0.2, 0) is 10.1 Å². The minimum atomic E-state index is -6.20. The minimum Gasteiger partial charge on any atom is -0.373 e. The third-order valence-electron chi connectivity index (χ3n) is 7.34. The Morgan fingerprint density at radius 1 is 0.872 bits per heavy atom. The topological polar surface area (TPSA) is 43.4 Å². The highest BCUT2D eigenvalue weighted by Crippen LogP contribution is 2.41. The molecular weight excluding hydrogens is 549 g/mol. The summed E-state index contributed by atoms with van der Waals surface area (Å²) in [6.07, 6.45) is 8.26. The minimum absolute atomic E-state index is 0.000640. The summed E-state index contributed by atoms with van der Waals surface area (Å²) in [5, 5.41) is -1.15. The van der Waals surface area contributed by atoms with Gasteiger partial charge in [-0.25, -0.2) is 17.6 Å². The van der Waals surface area contributed by atoms with Gasteiger partial charge in [0, 0.05) is 0 Å². The quantitative estimate of drug-likeness (QED) is 0.116. The number of hydrogen-bond donors (Lipinski definition) is 0. The second-order valence-corrected chi connectivity index (χ2v) is 11.5. The van der Waals surface area contributed by atoms with Crippen LogP contribution >= 0.6 is 0 Å². The highest BCUT2D eigenvalue weighted by molar-refractivity contribution is 7.88. The molecule has 39 heavy (non-hydrogen) atoms. The van der Waals surface area contributed by atoms with Crippen molar-refractivity contribution in [3.63, 3.8) is 0 Å². The van der Waals surface area contributed by atoms with Crippen molar-refractivity contribution in [2.24, 2.45) is 5.92 Å². The fraction of sp³-hybridized carbons (Fsp3) is 0.429. The van der Waals surface area contributed by atoms with E-state index < -0.39 is 55.6 Å². The average Bonchev–Trinajstić information content (AvgIpc) is 2.85. The molecule has 0 saturated heterocycles. The van der Waals surface area contributed by atoms with Crippen molar-refractivity contribution in [2.45, 2.75) is 69.7 Å². The van der Waals surface area contributed by atoms with E-state index in [2.05, 4.69) is 11.1 Å². The Kier molecular flexibility index (Phi) is 8.49. The molecule has 1 saturated carbocycles. The van der Waals surface area contributed by atoms with Crippen LogP contribution in [0.1, 0.15) is 69.8 Å². The lowest BCUT2D eigenvalue weighted by atomic mass is 9.76. The van der Waals surface area contributed by atoms with Gasteiger partial charge in [0.15, 0.2) is 11.6 Å². The molecule has 0 radical (unpaired) electrons. The Morgan fingerprint density at radius 2 is 1.51 bits per heavy atom. The molecule has 0 atom stereocenters.